The number of rotatable bonds is 5. The molecule has 130 valence electrons. The van der Waals surface area contributed by atoms with Crippen LogP contribution in [0.25, 0.3) is 0 Å². The van der Waals surface area contributed by atoms with Gasteiger partial charge in [-0.2, -0.15) is 0 Å². The molecular formula is C20H15ClN2O3. The smallest absolute Gasteiger partial charge is 0.343 e. The van der Waals surface area contributed by atoms with Crippen LogP contribution >= 0.6 is 11.6 Å². The van der Waals surface area contributed by atoms with E-state index in [0.717, 1.165) is 18.4 Å². The Morgan fingerprint density at radius 3 is 2.46 bits per heavy atom. The summed E-state index contributed by atoms with van der Waals surface area (Å²) in [5.41, 5.74) is 1.54. The average Bonchev–Trinajstić information content (AvgIpc) is 3.50. The maximum Gasteiger partial charge on any atom is 0.343 e. The van der Waals surface area contributed by atoms with E-state index in [1.165, 1.54) is 6.07 Å². The zero-order valence-corrected chi connectivity index (χ0v) is 14.5. The lowest BCUT2D eigenvalue weighted by Crippen LogP contribution is -2.10. The minimum Gasteiger partial charge on any atom is -0.435 e. The van der Waals surface area contributed by atoms with Crippen LogP contribution in [-0.4, -0.2) is 16.2 Å². The number of carbonyl (C=O) groups is 1. The van der Waals surface area contributed by atoms with Gasteiger partial charge in [0.25, 0.3) is 5.88 Å². The number of halogens is 1. The number of para-hydroxylation sites is 1. The van der Waals surface area contributed by atoms with E-state index >= 15 is 0 Å². The van der Waals surface area contributed by atoms with Crippen molar-refractivity contribution >= 4 is 17.6 Å². The van der Waals surface area contributed by atoms with E-state index in [1.54, 1.807) is 24.3 Å². The predicted molar refractivity (Wildman–Crippen MR) is 96.9 cm³/mol. The molecular weight excluding hydrogens is 352 g/mol. The molecule has 0 amide bonds. The number of aromatic nitrogens is 2. The number of carbonyl (C=O) groups excluding carboxylic acids is 1. The van der Waals surface area contributed by atoms with Crippen LogP contribution in [0.3, 0.4) is 0 Å². The maximum absolute atomic E-state index is 12.3. The second-order valence-electron chi connectivity index (χ2n) is 6.01. The van der Waals surface area contributed by atoms with Gasteiger partial charge >= 0.3 is 5.97 Å². The molecule has 1 aliphatic rings. The molecule has 2 aromatic carbocycles. The molecule has 3 aromatic rings. The molecule has 1 aliphatic carbocycles. The SMILES string of the molecule is O=C(Oc1cc(Cl)nnc1Oc1ccccc1C1CC1)c1ccccc1. The highest BCUT2D eigenvalue weighted by Crippen LogP contribution is 2.45. The third-order valence-corrected chi connectivity index (χ3v) is 4.24. The van der Waals surface area contributed by atoms with Gasteiger partial charge < -0.3 is 9.47 Å². The lowest BCUT2D eigenvalue weighted by Gasteiger charge is -2.12. The standard InChI is InChI=1S/C20H15ClN2O3/c21-18-12-17(26-20(24)14-6-2-1-3-7-14)19(23-22-18)25-16-9-5-4-8-15(16)13-10-11-13/h1-9,12-13H,10-11H2. The minimum absolute atomic E-state index is 0.104. The van der Waals surface area contributed by atoms with Crippen LogP contribution < -0.4 is 9.47 Å². The molecule has 0 N–H and O–H groups in total. The summed E-state index contributed by atoms with van der Waals surface area (Å²) >= 11 is 5.92. The van der Waals surface area contributed by atoms with Crippen LogP contribution in [0.4, 0.5) is 0 Å². The summed E-state index contributed by atoms with van der Waals surface area (Å²) in [6, 6.07) is 17.9. The minimum atomic E-state index is -0.519. The van der Waals surface area contributed by atoms with Gasteiger partial charge in [0.1, 0.15) is 5.75 Å². The van der Waals surface area contributed by atoms with Gasteiger partial charge in [-0.3, -0.25) is 0 Å². The first-order valence-electron chi connectivity index (χ1n) is 8.28. The van der Waals surface area contributed by atoms with Crippen molar-refractivity contribution in [1.82, 2.24) is 10.2 Å². The second-order valence-corrected chi connectivity index (χ2v) is 6.39. The molecule has 1 heterocycles. The van der Waals surface area contributed by atoms with E-state index in [0.29, 0.717) is 17.2 Å². The molecule has 1 aromatic heterocycles. The predicted octanol–water partition coefficient (Wildman–Crippen LogP) is 5.02. The molecule has 4 rings (SSSR count). The normalized spacial score (nSPS) is 13.3. The Hall–Kier alpha value is -2.92. The summed E-state index contributed by atoms with van der Waals surface area (Å²) in [6.07, 6.45) is 2.28. The lowest BCUT2D eigenvalue weighted by atomic mass is 10.1. The molecule has 0 aliphatic heterocycles. The van der Waals surface area contributed by atoms with Crippen molar-refractivity contribution in [2.45, 2.75) is 18.8 Å². The van der Waals surface area contributed by atoms with Crippen LogP contribution in [0, 0.1) is 0 Å². The van der Waals surface area contributed by atoms with E-state index in [2.05, 4.69) is 10.2 Å². The van der Waals surface area contributed by atoms with E-state index < -0.39 is 5.97 Å². The van der Waals surface area contributed by atoms with E-state index in [1.807, 2.05) is 30.3 Å². The molecule has 1 fully saturated rings. The molecule has 5 nitrogen and oxygen atoms in total. The quantitative estimate of drug-likeness (QED) is 0.593. The van der Waals surface area contributed by atoms with Gasteiger partial charge in [-0.05, 0) is 42.5 Å². The van der Waals surface area contributed by atoms with Crippen molar-refractivity contribution < 1.29 is 14.3 Å². The highest BCUT2D eigenvalue weighted by molar-refractivity contribution is 6.29. The molecule has 0 saturated heterocycles. The van der Waals surface area contributed by atoms with Crippen molar-refractivity contribution in [2.75, 3.05) is 0 Å². The maximum atomic E-state index is 12.3. The highest BCUT2D eigenvalue weighted by atomic mass is 35.5. The highest BCUT2D eigenvalue weighted by Gasteiger charge is 2.27. The van der Waals surface area contributed by atoms with Crippen LogP contribution in [0.15, 0.2) is 60.7 Å². The molecule has 0 atom stereocenters. The number of benzene rings is 2. The molecule has 0 spiro atoms. The fourth-order valence-corrected chi connectivity index (χ4v) is 2.76. The average molecular weight is 367 g/mol. The molecule has 1 saturated carbocycles. The molecule has 0 unspecified atom stereocenters. The Labute approximate surface area is 155 Å². The number of nitrogens with zero attached hydrogens (tertiary/aromatic N) is 2. The van der Waals surface area contributed by atoms with Crippen molar-refractivity contribution in [2.24, 2.45) is 0 Å². The summed E-state index contributed by atoms with van der Waals surface area (Å²) in [4.78, 5) is 12.3. The van der Waals surface area contributed by atoms with E-state index in [9.17, 15) is 4.79 Å². The Kier molecular flexibility index (Phi) is 4.54. The zero-order chi connectivity index (χ0) is 17.9. The fraction of sp³-hybridized carbons (Fsp3) is 0.150. The summed E-state index contributed by atoms with van der Waals surface area (Å²) in [7, 11) is 0. The third kappa shape index (κ3) is 3.68. The van der Waals surface area contributed by atoms with Gasteiger partial charge in [-0.15, -0.1) is 10.2 Å². The molecule has 0 bridgehead atoms. The first kappa shape index (κ1) is 16.5. The van der Waals surface area contributed by atoms with Crippen LogP contribution in [0.2, 0.25) is 5.15 Å². The van der Waals surface area contributed by atoms with Gasteiger partial charge in [0, 0.05) is 6.07 Å². The van der Waals surface area contributed by atoms with E-state index in [4.69, 9.17) is 21.1 Å². The Bertz CT molecular complexity index is 943. The summed E-state index contributed by atoms with van der Waals surface area (Å²) < 4.78 is 11.4. The second kappa shape index (κ2) is 7.14. The molecule has 26 heavy (non-hydrogen) atoms. The van der Waals surface area contributed by atoms with Gasteiger partial charge in [-0.25, -0.2) is 4.79 Å². The van der Waals surface area contributed by atoms with Crippen LogP contribution in [-0.2, 0) is 0 Å². The zero-order valence-electron chi connectivity index (χ0n) is 13.8. The van der Waals surface area contributed by atoms with Gasteiger partial charge in [0.05, 0.1) is 5.56 Å². The summed E-state index contributed by atoms with van der Waals surface area (Å²) in [5, 5.41) is 7.88. The monoisotopic (exact) mass is 366 g/mol. The van der Waals surface area contributed by atoms with Gasteiger partial charge in [-0.1, -0.05) is 48.0 Å². The number of esters is 1. The summed E-state index contributed by atoms with van der Waals surface area (Å²) in [5.74, 6) is 0.900. The van der Waals surface area contributed by atoms with Crippen molar-refractivity contribution in [3.05, 3.63) is 76.9 Å². The van der Waals surface area contributed by atoms with Crippen molar-refractivity contribution in [1.29, 1.82) is 0 Å². The van der Waals surface area contributed by atoms with Crippen LogP contribution in [0.5, 0.6) is 17.4 Å². The number of ether oxygens (including phenoxy) is 2. The fourth-order valence-electron chi connectivity index (χ4n) is 2.63. The first-order chi connectivity index (χ1) is 12.7. The Morgan fingerprint density at radius 1 is 0.962 bits per heavy atom. The first-order valence-corrected chi connectivity index (χ1v) is 8.66. The van der Waals surface area contributed by atoms with Gasteiger partial charge in [0.15, 0.2) is 10.9 Å². The molecule has 0 radical (unpaired) electrons. The van der Waals surface area contributed by atoms with Crippen molar-refractivity contribution in [3.8, 4) is 17.4 Å². The number of hydrogen-bond acceptors (Lipinski definition) is 5. The Balaban J connectivity index is 1.62. The summed E-state index contributed by atoms with van der Waals surface area (Å²) in [6.45, 7) is 0. The Morgan fingerprint density at radius 2 is 1.69 bits per heavy atom. The lowest BCUT2D eigenvalue weighted by molar-refractivity contribution is 0.0729. The largest absolute Gasteiger partial charge is 0.435 e. The van der Waals surface area contributed by atoms with Gasteiger partial charge in [0.2, 0.25) is 0 Å². The topological polar surface area (TPSA) is 61.3 Å². The van der Waals surface area contributed by atoms with Crippen molar-refractivity contribution in [3.63, 3.8) is 0 Å². The number of hydrogen-bond donors (Lipinski definition) is 0. The third-order valence-electron chi connectivity index (χ3n) is 4.05. The van der Waals surface area contributed by atoms with Crippen LogP contribution in [0.1, 0.15) is 34.7 Å². The van der Waals surface area contributed by atoms with E-state index in [-0.39, 0.29) is 16.8 Å². The molecule has 6 heteroatoms.